The molecule has 0 bridgehead atoms. The van der Waals surface area contributed by atoms with Crippen molar-refractivity contribution in [3.8, 4) is 0 Å². The van der Waals surface area contributed by atoms with E-state index in [9.17, 15) is 0 Å². The van der Waals surface area contributed by atoms with Gasteiger partial charge in [-0.25, -0.2) is 0 Å². The van der Waals surface area contributed by atoms with Crippen molar-refractivity contribution in [2.45, 2.75) is 25.8 Å². The summed E-state index contributed by atoms with van der Waals surface area (Å²) in [4.78, 5) is 4.79. The second-order valence-electron chi connectivity index (χ2n) is 5.24. The van der Waals surface area contributed by atoms with Gasteiger partial charge in [-0.2, -0.15) is 0 Å². The quantitative estimate of drug-likeness (QED) is 0.812. The summed E-state index contributed by atoms with van der Waals surface area (Å²) in [7, 11) is 4.28. The Hall–Kier alpha value is -1.22. The molecule has 1 saturated heterocycles. The topological polar surface area (TPSA) is 32.5 Å². The van der Waals surface area contributed by atoms with E-state index in [0.29, 0.717) is 6.04 Å². The fraction of sp³-hybridized carbons (Fsp3) is 0.571. The summed E-state index contributed by atoms with van der Waals surface area (Å²) < 4.78 is 0. The van der Waals surface area contributed by atoms with Gasteiger partial charge in [0.1, 0.15) is 0 Å². The highest BCUT2D eigenvalue weighted by molar-refractivity contribution is 5.65. The number of benzene rings is 1. The molecule has 1 heterocycles. The molecule has 0 aliphatic carbocycles. The van der Waals surface area contributed by atoms with Gasteiger partial charge in [0.2, 0.25) is 0 Å². The van der Waals surface area contributed by atoms with Crippen LogP contribution >= 0.6 is 0 Å². The molecule has 1 aromatic rings. The summed E-state index contributed by atoms with van der Waals surface area (Å²) in [5.74, 6) is 0. The molecule has 1 aliphatic rings. The van der Waals surface area contributed by atoms with Gasteiger partial charge in [0.15, 0.2) is 0 Å². The van der Waals surface area contributed by atoms with Crippen LogP contribution in [0.3, 0.4) is 0 Å². The molecule has 1 unspecified atom stereocenters. The van der Waals surface area contributed by atoms with Crippen molar-refractivity contribution >= 4 is 11.4 Å². The Kier molecular flexibility index (Phi) is 3.57. The molecule has 2 rings (SSSR count). The molecular formula is C14H23N3. The van der Waals surface area contributed by atoms with Crippen molar-refractivity contribution in [3.63, 3.8) is 0 Å². The second-order valence-corrected chi connectivity index (χ2v) is 5.24. The minimum absolute atomic E-state index is 0.630. The van der Waals surface area contributed by atoms with Crippen LogP contribution in [0, 0.1) is 6.92 Å². The highest BCUT2D eigenvalue weighted by Crippen LogP contribution is 2.31. The van der Waals surface area contributed by atoms with E-state index >= 15 is 0 Å². The van der Waals surface area contributed by atoms with E-state index in [1.54, 1.807) is 0 Å². The SMILES string of the molecule is Cc1c(N)cccc1N1CCCC1CN(C)C. The van der Waals surface area contributed by atoms with E-state index in [1.165, 1.54) is 24.1 Å². The van der Waals surface area contributed by atoms with E-state index in [2.05, 4.69) is 43.0 Å². The third kappa shape index (κ3) is 2.55. The maximum Gasteiger partial charge on any atom is 0.0419 e. The van der Waals surface area contributed by atoms with Gasteiger partial charge in [-0.1, -0.05) is 6.07 Å². The maximum atomic E-state index is 6.00. The lowest BCUT2D eigenvalue weighted by Gasteiger charge is -2.30. The average molecular weight is 233 g/mol. The highest BCUT2D eigenvalue weighted by Gasteiger charge is 2.26. The van der Waals surface area contributed by atoms with Crippen LogP contribution in [-0.2, 0) is 0 Å². The molecule has 0 aromatic heterocycles. The molecule has 3 heteroatoms. The van der Waals surface area contributed by atoms with Crippen molar-refractivity contribution in [2.75, 3.05) is 37.8 Å². The first-order chi connectivity index (χ1) is 8.09. The van der Waals surface area contributed by atoms with E-state index in [1.807, 2.05) is 6.07 Å². The average Bonchev–Trinajstić information content (AvgIpc) is 2.69. The van der Waals surface area contributed by atoms with Crippen LogP contribution in [0.5, 0.6) is 0 Å². The fourth-order valence-electron chi connectivity index (χ4n) is 2.72. The zero-order valence-electron chi connectivity index (χ0n) is 11.1. The molecule has 1 fully saturated rings. The van der Waals surface area contributed by atoms with E-state index in [0.717, 1.165) is 18.8 Å². The smallest absolute Gasteiger partial charge is 0.0419 e. The second kappa shape index (κ2) is 4.96. The van der Waals surface area contributed by atoms with Crippen LogP contribution in [0.4, 0.5) is 11.4 Å². The molecule has 1 atom stereocenters. The number of hydrogen-bond acceptors (Lipinski definition) is 3. The van der Waals surface area contributed by atoms with Crippen molar-refractivity contribution in [1.82, 2.24) is 4.90 Å². The van der Waals surface area contributed by atoms with Crippen LogP contribution in [0.2, 0.25) is 0 Å². The normalized spacial score (nSPS) is 20.2. The first-order valence-electron chi connectivity index (χ1n) is 6.36. The Morgan fingerprint density at radius 2 is 2.18 bits per heavy atom. The summed E-state index contributed by atoms with van der Waals surface area (Å²) in [6.45, 7) is 4.40. The van der Waals surface area contributed by atoms with Crippen LogP contribution in [0.1, 0.15) is 18.4 Å². The number of hydrogen-bond donors (Lipinski definition) is 1. The number of nitrogens with two attached hydrogens (primary N) is 1. The zero-order valence-corrected chi connectivity index (χ0v) is 11.1. The first kappa shape index (κ1) is 12.2. The lowest BCUT2D eigenvalue weighted by Crippen LogP contribution is -2.37. The number of nitrogen functional groups attached to an aromatic ring is 1. The van der Waals surface area contributed by atoms with Crippen molar-refractivity contribution < 1.29 is 0 Å². The molecule has 0 amide bonds. The van der Waals surface area contributed by atoms with Crippen LogP contribution in [0.15, 0.2) is 18.2 Å². The molecule has 0 spiro atoms. The number of likely N-dealkylation sites (N-methyl/N-ethyl adjacent to an activating group) is 1. The largest absolute Gasteiger partial charge is 0.398 e. The summed E-state index contributed by atoms with van der Waals surface area (Å²) in [6, 6.07) is 6.86. The maximum absolute atomic E-state index is 6.00. The van der Waals surface area contributed by atoms with Crippen LogP contribution in [0.25, 0.3) is 0 Å². The monoisotopic (exact) mass is 233 g/mol. The summed E-state index contributed by atoms with van der Waals surface area (Å²) in [6.07, 6.45) is 2.57. The molecule has 3 nitrogen and oxygen atoms in total. The molecular weight excluding hydrogens is 210 g/mol. The molecule has 1 aromatic carbocycles. The Balaban J connectivity index is 2.23. The van der Waals surface area contributed by atoms with Gasteiger partial charge >= 0.3 is 0 Å². The Morgan fingerprint density at radius 3 is 2.88 bits per heavy atom. The lowest BCUT2D eigenvalue weighted by molar-refractivity contribution is 0.372. The predicted octanol–water partition coefficient (Wildman–Crippen LogP) is 2.11. The molecule has 0 radical (unpaired) electrons. The lowest BCUT2D eigenvalue weighted by atomic mass is 10.1. The Morgan fingerprint density at radius 1 is 1.41 bits per heavy atom. The van der Waals surface area contributed by atoms with Crippen LogP contribution < -0.4 is 10.6 Å². The Bertz CT molecular complexity index is 387. The highest BCUT2D eigenvalue weighted by atomic mass is 15.2. The number of anilines is 2. The van der Waals surface area contributed by atoms with Crippen LogP contribution in [-0.4, -0.2) is 38.1 Å². The van der Waals surface area contributed by atoms with Crippen molar-refractivity contribution in [3.05, 3.63) is 23.8 Å². The van der Waals surface area contributed by atoms with Gasteiger partial charge in [-0.15, -0.1) is 0 Å². The van der Waals surface area contributed by atoms with E-state index in [-0.39, 0.29) is 0 Å². The molecule has 94 valence electrons. The molecule has 17 heavy (non-hydrogen) atoms. The van der Waals surface area contributed by atoms with Gasteiger partial charge in [-0.05, 0) is 51.6 Å². The Labute approximate surface area is 104 Å². The van der Waals surface area contributed by atoms with Gasteiger partial charge in [0.05, 0.1) is 0 Å². The summed E-state index contributed by atoms with van der Waals surface area (Å²) in [5.41, 5.74) is 9.43. The molecule has 0 saturated carbocycles. The molecule has 1 aliphatic heterocycles. The standard InChI is InChI=1S/C14H23N3/c1-11-13(15)7-4-8-14(11)17-9-5-6-12(17)10-16(2)3/h4,7-8,12H,5-6,9-10,15H2,1-3H3. The predicted molar refractivity (Wildman–Crippen MR) is 74.5 cm³/mol. The number of rotatable bonds is 3. The fourth-order valence-corrected chi connectivity index (χ4v) is 2.72. The number of nitrogens with zero attached hydrogens (tertiary/aromatic N) is 2. The van der Waals surface area contributed by atoms with Gasteiger partial charge in [0.25, 0.3) is 0 Å². The zero-order chi connectivity index (χ0) is 12.4. The first-order valence-corrected chi connectivity index (χ1v) is 6.36. The third-order valence-corrected chi connectivity index (χ3v) is 3.61. The summed E-state index contributed by atoms with van der Waals surface area (Å²) >= 11 is 0. The van der Waals surface area contributed by atoms with Gasteiger partial charge < -0.3 is 15.5 Å². The third-order valence-electron chi connectivity index (χ3n) is 3.61. The van der Waals surface area contributed by atoms with Crippen molar-refractivity contribution in [2.24, 2.45) is 0 Å². The summed E-state index contributed by atoms with van der Waals surface area (Å²) in [5, 5.41) is 0. The van der Waals surface area contributed by atoms with Crippen molar-refractivity contribution in [1.29, 1.82) is 0 Å². The van der Waals surface area contributed by atoms with Gasteiger partial charge in [0, 0.05) is 30.5 Å². The molecule has 2 N–H and O–H groups in total. The van der Waals surface area contributed by atoms with E-state index in [4.69, 9.17) is 5.73 Å². The minimum atomic E-state index is 0.630. The van der Waals surface area contributed by atoms with E-state index < -0.39 is 0 Å². The minimum Gasteiger partial charge on any atom is -0.398 e. The van der Waals surface area contributed by atoms with Gasteiger partial charge in [-0.3, -0.25) is 0 Å².